The fraction of sp³-hybridized carbons (Fsp3) is 0.500. The van der Waals surface area contributed by atoms with Gasteiger partial charge in [-0.1, -0.05) is 26.0 Å². The lowest BCUT2D eigenvalue weighted by atomic mass is 10.1. The van der Waals surface area contributed by atoms with Crippen molar-refractivity contribution in [2.75, 3.05) is 13.3 Å². The zero-order valence-corrected chi connectivity index (χ0v) is 10.2. The van der Waals surface area contributed by atoms with Crippen molar-refractivity contribution in [3.05, 3.63) is 29.8 Å². The molecule has 3 heteroatoms. The fourth-order valence-electron chi connectivity index (χ4n) is 1.32. The maximum Gasteiger partial charge on any atom is 0.0931 e. The van der Waals surface area contributed by atoms with E-state index in [1.807, 2.05) is 11.8 Å². The van der Waals surface area contributed by atoms with Crippen LogP contribution in [0.4, 0.5) is 0 Å². The van der Waals surface area contributed by atoms with E-state index in [1.54, 1.807) is 0 Å². The zero-order valence-electron chi connectivity index (χ0n) is 9.36. The van der Waals surface area contributed by atoms with Gasteiger partial charge in [0.25, 0.3) is 0 Å². The molecule has 0 radical (unpaired) electrons. The van der Waals surface area contributed by atoms with E-state index in [-0.39, 0.29) is 6.73 Å². The number of nitrogens with one attached hydrogen (secondary N) is 1. The number of thioether (sulfide) groups is 1. The van der Waals surface area contributed by atoms with E-state index in [1.165, 1.54) is 10.5 Å². The highest BCUT2D eigenvalue weighted by atomic mass is 32.2. The van der Waals surface area contributed by atoms with E-state index in [0.29, 0.717) is 5.25 Å². The summed E-state index contributed by atoms with van der Waals surface area (Å²) in [7, 11) is 0. The molecule has 0 bridgehead atoms. The predicted molar refractivity (Wildman–Crippen MR) is 66.2 cm³/mol. The molecule has 0 heterocycles. The Labute approximate surface area is 96.1 Å². The number of aliphatic hydroxyl groups excluding tert-OH is 1. The second kappa shape index (κ2) is 6.88. The summed E-state index contributed by atoms with van der Waals surface area (Å²) in [6.07, 6.45) is 0.965. The first-order valence-corrected chi connectivity index (χ1v) is 6.17. The van der Waals surface area contributed by atoms with Gasteiger partial charge >= 0.3 is 0 Å². The first kappa shape index (κ1) is 12.6. The van der Waals surface area contributed by atoms with Crippen LogP contribution in [0.5, 0.6) is 0 Å². The van der Waals surface area contributed by atoms with Crippen LogP contribution in [0.3, 0.4) is 0 Å². The summed E-state index contributed by atoms with van der Waals surface area (Å²) in [6, 6.07) is 8.64. The first-order valence-electron chi connectivity index (χ1n) is 5.29. The molecule has 1 aromatic rings. The Hall–Kier alpha value is -0.510. The zero-order chi connectivity index (χ0) is 11.1. The minimum atomic E-state index is 0.0568. The van der Waals surface area contributed by atoms with Crippen molar-refractivity contribution < 1.29 is 5.11 Å². The molecule has 2 nitrogen and oxygen atoms in total. The average molecular weight is 225 g/mol. The second-order valence-electron chi connectivity index (χ2n) is 3.72. The molecule has 0 aliphatic carbocycles. The molecule has 0 aliphatic rings. The van der Waals surface area contributed by atoms with Crippen molar-refractivity contribution in [3.8, 4) is 0 Å². The molecule has 1 aromatic carbocycles. The van der Waals surface area contributed by atoms with Crippen LogP contribution in [0.15, 0.2) is 29.2 Å². The molecule has 0 spiro atoms. The Kier molecular flexibility index (Phi) is 5.76. The third kappa shape index (κ3) is 5.21. The predicted octanol–water partition coefficient (Wildman–Crippen LogP) is 2.27. The van der Waals surface area contributed by atoms with E-state index in [0.717, 1.165) is 13.0 Å². The van der Waals surface area contributed by atoms with Crippen molar-refractivity contribution in [1.82, 2.24) is 5.32 Å². The van der Waals surface area contributed by atoms with Gasteiger partial charge in [-0.2, -0.15) is 0 Å². The average Bonchev–Trinajstić information content (AvgIpc) is 2.20. The minimum absolute atomic E-state index is 0.0568. The monoisotopic (exact) mass is 225 g/mol. The molecule has 0 unspecified atom stereocenters. The lowest BCUT2D eigenvalue weighted by Gasteiger charge is -2.06. The van der Waals surface area contributed by atoms with E-state index < -0.39 is 0 Å². The van der Waals surface area contributed by atoms with Gasteiger partial charge in [0.1, 0.15) is 0 Å². The van der Waals surface area contributed by atoms with Crippen LogP contribution in [-0.4, -0.2) is 23.6 Å². The second-order valence-corrected chi connectivity index (χ2v) is 5.37. The number of rotatable bonds is 6. The van der Waals surface area contributed by atoms with Crippen LogP contribution in [-0.2, 0) is 6.42 Å². The number of hydrogen-bond acceptors (Lipinski definition) is 3. The van der Waals surface area contributed by atoms with Gasteiger partial charge < -0.3 is 5.11 Å². The summed E-state index contributed by atoms with van der Waals surface area (Å²) < 4.78 is 0. The summed E-state index contributed by atoms with van der Waals surface area (Å²) in [6.45, 7) is 5.28. The largest absolute Gasteiger partial charge is 0.381 e. The smallest absolute Gasteiger partial charge is 0.0931 e. The first-order chi connectivity index (χ1) is 7.22. The van der Waals surface area contributed by atoms with Gasteiger partial charge in [-0.15, -0.1) is 11.8 Å². The molecule has 0 amide bonds. The van der Waals surface area contributed by atoms with Crippen LogP contribution in [0.2, 0.25) is 0 Å². The van der Waals surface area contributed by atoms with Crippen molar-refractivity contribution in [2.45, 2.75) is 30.4 Å². The van der Waals surface area contributed by atoms with E-state index in [9.17, 15) is 0 Å². The van der Waals surface area contributed by atoms with Gasteiger partial charge in [-0.25, -0.2) is 0 Å². The molecule has 2 N–H and O–H groups in total. The highest BCUT2D eigenvalue weighted by Crippen LogP contribution is 2.22. The van der Waals surface area contributed by atoms with Gasteiger partial charge in [0.2, 0.25) is 0 Å². The summed E-state index contributed by atoms with van der Waals surface area (Å²) in [5, 5.41) is 12.1. The highest BCUT2D eigenvalue weighted by Gasteiger charge is 1.98. The Balaban J connectivity index is 2.42. The van der Waals surface area contributed by atoms with Gasteiger partial charge in [-0.05, 0) is 24.1 Å². The standard InChI is InChI=1S/C12H19NOS/c1-10(2)15-12-5-3-11(4-6-12)7-8-13-9-14/h3-6,10,13-14H,7-9H2,1-2H3. The van der Waals surface area contributed by atoms with Gasteiger partial charge in [0.05, 0.1) is 6.73 Å². The molecule has 0 fully saturated rings. The lowest BCUT2D eigenvalue weighted by molar-refractivity contribution is 0.262. The lowest BCUT2D eigenvalue weighted by Crippen LogP contribution is -2.17. The van der Waals surface area contributed by atoms with Crippen molar-refractivity contribution in [2.24, 2.45) is 0 Å². The van der Waals surface area contributed by atoms with Crippen LogP contribution in [0, 0.1) is 0 Å². The third-order valence-corrected chi connectivity index (χ3v) is 3.01. The maximum absolute atomic E-state index is 8.57. The van der Waals surface area contributed by atoms with Gasteiger partial charge in [0, 0.05) is 16.7 Å². The van der Waals surface area contributed by atoms with Crippen LogP contribution >= 0.6 is 11.8 Å². The van der Waals surface area contributed by atoms with Crippen LogP contribution in [0.25, 0.3) is 0 Å². The summed E-state index contributed by atoms with van der Waals surface area (Å²) in [4.78, 5) is 1.32. The topological polar surface area (TPSA) is 32.3 Å². The molecule has 84 valence electrons. The van der Waals surface area contributed by atoms with Crippen molar-refractivity contribution >= 4 is 11.8 Å². The molecule has 1 rings (SSSR count). The molecule has 0 saturated carbocycles. The quantitative estimate of drug-likeness (QED) is 0.442. The normalized spacial score (nSPS) is 10.9. The van der Waals surface area contributed by atoms with Gasteiger partial charge in [0.15, 0.2) is 0 Å². The molecular weight excluding hydrogens is 206 g/mol. The number of benzene rings is 1. The molecule has 15 heavy (non-hydrogen) atoms. The Morgan fingerprint density at radius 3 is 2.47 bits per heavy atom. The van der Waals surface area contributed by atoms with Crippen molar-refractivity contribution in [3.63, 3.8) is 0 Å². The Morgan fingerprint density at radius 1 is 1.27 bits per heavy atom. The van der Waals surface area contributed by atoms with E-state index in [4.69, 9.17) is 5.11 Å². The van der Waals surface area contributed by atoms with Crippen molar-refractivity contribution in [1.29, 1.82) is 0 Å². The SMILES string of the molecule is CC(C)Sc1ccc(CCNCO)cc1. The van der Waals surface area contributed by atoms with Crippen LogP contribution < -0.4 is 5.32 Å². The van der Waals surface area contributed by atoms with Gasteiger partial charge in [-0.3, -0.25) is 5.32 Å². The van der Waals surface area contributed by atoms with Crippen LogP contribution in [0.1, 0.15) is 19.4 Å². The Bertz CT molecular complexity index is 271. The molecule has 0 aromatic heterocycles. The van der Waals surface area contributed by atoms with E-state index in [2.05, 4.69) is 43.4 Å². The summed E-state index contributed by atoms with van der Waals surface area (Å²) >= 11 is 1.88. The molecule has 0 atom stereocenters. The molecular formula is C12H19NOS. The maximum atomic E-state index is 8.57. The minimum Gasteiger partial charge on any atom is -0.381 e. The Morgan fingerprint density at radius 2 is 1.93 bits per heavy atom. The number of aliphatic hydroxyl groups is 1. The number of hydrogen-bond donors (Lipinski definition) is 2. The summed E-state index contributed by atoms with van der Waals surface area (Å²) in [5.41, 5.74) is 1.31. The highest BCUT2D eigenvalue weighted by molar-refractivity contribution is 7.99. The van der Waals surface area contributed by atoms with E-state index >= 15 is 0 Å². The molecule has 0 saturated heterocycles. The molecule has 0 aliphatic heterocycles. The summed E-state index contributed by atoms with van der Waals surface area (Å²) in [5.74, 6) is 0. The third-order valence-electron chi connectivity index (χ3n) is 2.00. The fourth-order valence-corrected chi connectivity index (χ4v) is 2.16.